The third-order valence-electron chi connectivity index (χ3n) is 3.87. The van der Waals surface area contributed by atoms with Gasteiger partial charge in [-0.3, -0.25) is 0 Å². The van der Waals surface area contributed by atoms with Gasteiger partial charge in [0.2, 0.25) is 0 Å². The molecule has 1 rings (SSSR count). The van der Waals surface area contributed by atoms with E-state index < -0.39 is 6.10 Å². The normalized spacial score (nSPS) is 13.9. The predicted molar refractivity (Wildman–Crippen MR) is 85.6 cm³/mol. The molecule has 3 nitrogen and oxygen atoms in total. The molecule has 0 amide bonds. The second-order valence-corrected chi connectivity index (χ2v) is 5.37. The average molecular weight is 279 g/mol. The Labute approximate surface area is 123 Å². The summed E-state index contributed by atoms with van der Waals surface area (Å²) in [5.41, 5.74) is 1.99. The molecule has 0 aliphatic rings. The van der Waals surface area contributed by atoms with Crippen LogP contribution in [0.25, 0.3) is 0 Å². The van der Waals surface area contributed by atoms with Gasteiger partial charge in [0, 0.05) is 23.8 Å². The average Bonchev–Trinajstić information content (AvgIpc) is 2.46. The number of aliphatic hydroxyl groups is 1. The highest BCUT2D eigenvalue weighted by Crippen LogP contribution is 2.35. The monoisotopic (exact) mass is 279 g/mol. The van der Waals surface area contributed by atoms with E-state index in [0.717, 1.165) is 36.4 Å². The number of rotatable bonds is 8. The molecule has 0 spiro atoms. The number of hydrogen-bond donors (Lipinski definition) is 1. The molecule has 2 atom stereocenters. The summed E-state index contributed by atoms with van der Waals surface area (Å²) in [5, 5.41) is 10.1. The molecule has 1 aromatic carbocycles. The summed E-state index contributed by atoms with van der Waals surface area (Å²) in [4.78, 5) is 2.40. The topological polar surface area (TPSA) is 32.7 Å². The third kappa shape index (κ3) is 3.89. The second-order valence-electron chi connectivity index (χ2n) is 5.37. The van der Waals surface area contributed by atoms with Crippen LogP contribution in [0, 0.1) is 0 Å². The number of nitrogens with zero attached hydrogens (tertiary/aromatic N) is 1. The number of unbranched alkanes of at least 4 members (excludes halogenated alkanes) is 1. The Morgan fingerprint density at radius 3 is 2.45 bits per heavy atom. The van der Waals surface area contributed by atoms with Crippen LogP contribution < -0.4 is 9.64 Å². The Kier molecular flexibility index (Phi) is 6.86. The van der Waals surface area contributed by atoms with Crippen LogP contribution >= 0.6 is 0 Å². The molecule has 0 bridgehead atoms. The Morgan fingerprint density at radius 2 is 1.95 bits per heavy atom. The number of anilines is 1. The van der Waals surface area contributed by atoms with Gasteiger partial charge in [0.05, 0.1) is 13.2 Å². The lowest BCUT2D eigenvalue weighted by molar-refractivity contribution is 0.194. The summed E-state index contributed by atoms with van der Waals surface area (Å²) < 4.78 is 5.43. The molecule has 2 unspecified atom stereocenters. The predicted octanol–water partition coefficient (Wildman–Crippen LogP) is 4.15. The highest BCUT2D eigenvalue weighted by atomic mass is 16.5. The first-order chi connectivity index (χ1) is 9.56. The molecule has 20 heavy (non-hydrogen) atoms. The zero-order valence-corrected chi connectivity index (χ0v) is 13.5. The first-order valence-corrected chi connectivity index (χ1v) is 7.68. The van der Waals surface area contributed by atoms with Crippen LogP contribution in [0.4, 0.5) is 5.69 Å². The molecule has 0 aliphatic carbocycles. The van der Waals surface area contributed by atoms with Gasteiger partial charge in [0.15, 0.2) is 0 Å². The van der Waals surface area contributed by atoms with Gasteiger partial charge in [-0.25, -0.2) is 0 Å². The Bertz CT molecular complexity index is 404. The van der Waals surface area contributed by atoms with Gasteiger partial charge >= 0.3 is 0 Å². The SMILES string of the molecule is CCCCN(c1cccc(OC)c1C(C)O)C(C)CC. The minimum Gasteiger partial charge on any atom is -0.496 e. The van der Waals surface area contributed by atoms with Crippen molar-refractivity contribution in [3.63, 3.8) is 0 Å². The van der Waals surface area contributed by atoms with E-state index in [1.54, 1.807) is 14.0 Å². The number of hydrogen-bond acceptors (Lipinski definition) is 3. The van der Waals surface area contributed by atoms with E-state index in [1.807, 2.05) is 12.1 Å². The van der Waals surface area contributed by atoms with Gasteiger partial charge < -0.3 is 14.7 Å². The minimum atomic E-state index is -0.533. The van der Waals surface area contributed by atoms with E-state index in [2.05, 4.69) is 31.7 Å². The maximum atomic E-state index is 10.1. The van der Waals surface area contributed by atoms with Crippen molar-refractivity contribution in [1.82, 2.24) is 0 Å². The van der Waals surface area contributed by atoms with Crippen molar-refractivity contribution in [2.45, 2.75) is 59.1 Å². The van der Waals surface area contributed by atoms with Gasteiger partial charge in [-0.05, 0) is 38.8 Å². The molecule has 1 aromatic rings. The molecule has 1 N–H and O–H groups in total. The Hall–Kier alpha value is -1.22. The standard InChI is InChI=1S/C17H29NO2/c1-6-8-12-18(13(3)7-2)15-10-9-11-16(20-5)17(15)14(4)19/h9-11,13-14,19H,6-8,12H2,1-5H3. The number of ether oxygens (including phenoxy) is 1. The number of benzene rings is 1. The fourth-order valence-electron chi connectivity index (χ4n) is 2.51. The van der Waals surface area contributed by atoms with Gasteiger partial charge in [0.1, 0.15) is 5.75 Å². The summed E-state index contributed by atoms with van der Waals surface area (Å²) in [6.45, 7) is 9.46. The van der Waals surface area contributed by atoms with Crippen LogP contribution in [0.5, 0.6) is 5.75 Å². The minimum absolute atomic E-state index is 0.450. The van der Waals surface area contributed by atoms with Crippen LogP contribution in [-0.2, 0) is 0 Å². The first-order valence-electron chi connectivity index (χ1n) is 7.68. The molecule has 0 fully saturated rings. The van der Waals surface area contributed by atoms with Crippen molar-refractivity contribution in [3.05, 3.63) is 23.8 Å². The third-order valence-corrected chi connectivity index (χ3v) is 3.87. The molecule has 3 heteroatoms. The van der Waals surface area contributed by atoms with Gasteiger partial charge in [-0.2, -0.15) is 0 Å². The summed E-state index contributed by atoms with van der Waals surface area (Å²) >= 11 is 0. The molecule has 0 heterocycles. The summed E-state index contributed by atoms with van der Waals surface area (Å²) in [7, 11) is 1.66. The van der Waals surface area contributed by atoms with Crippen molar-refractivity contribution in [1.29, 1.82) is 0 Å². The van der Waals surface area contributed by atoms with Crippen LogP contribution in [0.1, 0.15) is 58.6 Å². The molecule has 0 saturated carbocycles. The van der Waals surface area contributed by atoms with Crippen molar-refractivity contribution in [3.8, 4) is 5.75 Å². The van der Waals surface area contributed by atoms with E-state index >= 15 is 0 Å². The van der Waals surface area contributed by atoms with Gasteiger partial charge in [-0.15, -0.1) is 0 Å². The van der Waals surface area contributed by atoms with Gasteiger partial charge in [-0.1, -0.05) is 26.3 Å². The summed E-state index contributed by atoms with van der Waals surface area (Å²) in [6.07, 6.45) is 2.87. The van der Waals surface area contributed by atoms with E-state index in [0.29, 0.717) is 6.04 Å². The maximum absolute atomic E-state index is 10.1. The van der Waals surface area contributed by atoms with Crippen LogP contribution in [-0.4, -0.2) is 24.8 Å². The highest BCUT2D eigenvalue weighted by Gasteiger charge is 2.21. The Morgan fingerprint density at radius 1 is 1.25 bits per heavy atom. The quantitative estimate of drug-likeness (QED) is 0.776. The smallest absolute Gasteiger partial charge is 0.126 e. The zero-order valence-electron chi connectivity index (χ0n) is 13.5. The van der Waals surface area contributed by atoms with Crippen molar-refractivity contribution in [2.75, 3.05) is 18.6 Å². The molecule has 0 aromatic heterocycles. The summed E-state index contributed by atoms with van der Waals surface area (Å²) in [6, 6.07) is 6.46. The fraction of sp³-hybridized carbons (Fsp3) is 0.647. The second kappa shape index (κ2) is 8.15. The van der Waals surface area contributed by atoms with Gasteiger partial charge in [0.25, 0.3) is 0 Å². The molecule has 0 saturated heterocycles. The maximum Gasteiger partial charge on any atom is 0.126 e. The largest absolute Gasteiger partial charge is 0.496 e. The lowest BCUT2D eigenvalue weighted by atomic mass is 10.0. The molecule has 0 aliphatic heterocycles. The molecule has 0 radical (unpaired) electrons. The van der Waals surface area contributed by atoms with Crippen molar-refractivity contribution >= 4 is 5.69 Å². The van der Waals surface area contributed by atoms with Crippen LogP contribution in [0.15, 0.2) is 18.2 Å². The van der Waals surface area contributed by atoms with Crippen molar-refractivity contribution < 1.29 is 9.84 Å². The lowest BCUT2D eigenvalue weighted by Gasteiger charge is -2.33. The number of methoxy groups -OCH3 is 1. The van der Waals surface area contributed by atoms with Crippen molar-refractivity contribution in [2.24, 2.45) is 0 Å². The van der Waals surface area contributed by atoms with E-state index in [4.69, 9.17) is 4.74 Å². The first kappa shape index (κ1) is 16.8. The van der Waals surface area contributed by atoms with E-state index in [1.165, 1.54) is 6.42 Å². The lowest BCUT2D eigenvalue weighted by Crippen LogP contribution is -2.34. The van der Waals surface area contributed by atoms with Crippen LogP contribution in [0.2, 0.25) is 0 Å². The van der Waals surface area contributed by atoms with E-state index in [-0.39, 0.29) is 0 Å². The fourth-order valence-corrected chi connectivity index (χ4v) is 2.51. The zero-order chi connectivity index (χ0) is 15.1. The van der Waals surface area contributed by atoms with E-state index in [9.17, 15) is 5.11 Å². The highest BCUT2D eigenvalue weighted by molar-refractivity contribution is 5.61. The molecular weight excluding hydrogens is 250 g/mol. The number of aliphatic hydroxyl groups excluding tert-OH is 1. The van der Waals surface area contributed by atoms with Crippen LogP contribution in [0.3, 0.4) is 0 Å². The Balaban J connectivity index is 3.24. The summed E-state index contributed by atoms with van der Waals surface area (Å²) in [5.74, 6) is 0.766. The molecular formula is C17H29NO2. The molecule has 114 valence electrons.